The van der Waals surface area contributed by atoms with Gasteiger partial charge in [-0.25, -0.2) is 0 Å². The number of hydrogen-bond donors (Lipinski definition) is 1. The SMILES string of the molecule is COc1ccc(OCCNC(=O)C2CC(=O)N(c3ccccc3Br)C2)cc1. The van der Waals surface area contributed by atoms with E-state index >= 15 is 0 Å². The fourth-order valence-electron chi connectivity index (χ4n) is 2.95. The highest BCUT2D eigenvalue weighted by molar-refractivity contribution is 9.10. The van der Waals surface area contributed by atoms with E-state index in [0.717, 1.165) is 15.9 Å². The van der Waals surface area contributed by atoms with Gasteiger partial charge in [0.25, 0.3) is 0 Å². The van der Waals surface area contributed by atoms with Gasteiger partial charge in [0.15, 0.2) is 0 Å². The number of nitrogens with zero attached hydrogens (tertiary/aromatic N) is 1. The molecule has 3 rings (SSSR count). The summed E-state index contributed by atoms with van der Waals surface area (Å²) in [6.07, 6.45) is 0.215. The normalized spacial score (nSPS) is 16.3. The minimum atomic E-state index is -0.356. The Bertz CT molecular complexity index is 810. The van der Waals surface area contributed by atoms with Gasteiger partial charge in [0.1, 0.15) is 18.1 Å². The largest absolute Gasteiger partial charge is 0.497 e. The van der Waals surface area contributed by atoms with Crippen LogP contribution in [0.4, 0.5) is 5.69 Å². The van der Waals surface area contributed by atoms with Crippen LogP contribution in [-0.4, -0.2) is 38.6 Å². The Labute approximate surface area is 166 Å². The molecule has 27 heavy (non-hydrogen) atoms. The lowest BCUT2D eigenvalue weighted by molar-refractivity contribution is -0.126. The van der Waals surface area contributed by atoms with Crippen molar-refractivity contribution in [2.75, 3.05) is 31.7 Å². The summed E-state index contributed by atoms with van der Waals surface area (Å²) >= 11 is 3.45. The number of nitrogens with one attached hydrogen (secondary N) is 1. The van der Waals surface area contributed by atoms with Gasteiger partial charge in [0, 0.05) is 17.4 Å². The van der Waals surface area contributed by atoms with Crippen LogP contribution in [0.3, 0.4) is 0 Å². The van der Waals surface area contributed by atoms with E-state index in [1.807, 2.05) is 48.5 Å². The maximum Gasteiger partial charge on any atom is 0.227 e. The molecule has 7 heteroatoms. The van der Waals surface area contributed by atoms with Crippen molar-refractivity contribution in [2.24, 2.45) is 5.92 Å². The summed E-state index contributed by atoms with van der Waals surface area (Å²) in [5.41, 5.74) is 0.792. The summed E-state index contributed by atoms with van der Waals surface area (Å²) in [6, 6.07) is 14.8. The first-order valence-corrected chi connectivity index (χ1v) is 9.47. The Hall–Kier alpha value is -2.54. The Morgan fingerprint density at radius 3 is 2.59 bits per heavy atom. The number of para-hydroxylation sites is 1. The number of halogens is 1. The zero-order valence-corrected chi connectivity index (χ0v) is 16.6. The average Bonchev–Trinajstić information content (AvgIpc) is 3.07. The second kappa shape index (κ2) is 8.90. The van der Waals surface area contributed by atoms with E-state index < -0.39 is 0 Å². The molecule has 1 heterocycles. The minimum absolute atomic E-state index is 0.0449. The van der Waals surface area contributed by atoms with Gasteiger partial charge >= 0.3 is 0 Å². The Balaban J connectivity index is 1.46. The maximum absolute atomic E-state index is 12.4. The number of carbonyl (C=O) groups is 2. The highest BCUT2D eigenvalue weighted by Crippen LogP contribution is 2.31. The molecule has 2 aromatic carbocycles. The van der Waals surface area contributed by atoms with E-state index in [1.165, 1.54) is 0 Å². The van der Waals surface area contributed by atoms with Crippen LogP contribution in [0.2, 0.25) is 0 Å². The van der Waals surface area contributed by atoms with Gasteiger partial charge in [-0.1, -0.05) is 12.1 Å². The topological polar surface area (TPSA) is 67.9 Å². The monoisotopic (exact) mass is 432 g/mol. The smallest absolute Gasteiger partial charge is 0.227 e. The first kappa shape index (κ1) is 19.2. The molecule has 1 atom stereocenters. The van der Waals surface area contributed by atoms with Gasteiger partial charge < -0.3 is 19.7 Å². The van der Waals surface area contributed by atoms with E-state index in [0.29, 0.717) is 25.4 Å². The molecule has 0 aliphatic carbocycles. The second-order valence-corrected chi connectivity index (χ2v) is 7.03. The van der Waals surface area contributed by atoms with Crippen LogP contribution in [0.15, 0.2) is 53.0 Å². The molecular formula is C20H21BrN2O4. The summed E-state index contributed by atoms with van der Waals surface area (Å²) in [5, 5.41) is 2.85. The molecule has 2 amide bonds. The molecule has 1 aliphatic heterocycles. The third-order valence-electron chi connectivity index (χ3n) is 4.37. The van der Waals surface area contributed by atoms with E-state index in [1.54, 1.807) is 12.0 Å². The molecule has 2 aromatic rings. The first-order valence-electron chi connectivity index (χ1n) is 8.68. The molecule has 0 radical (unpaired) electrons. The molecule has 1 aliphatic rings. The molecule has 6 nitrogen and oxygen atoms in total. The second-order valence-electron chi connectivity index (χ2n) is 6.17. The van der Waals surface area contributed by atoms with Crippen molar-refractivity contribution in [3.8, 4) is 11.5 Å². The summed E-state index contributed by atoms with van der Waals surface area (Å²) in [4.78, 5) is 26.3. The maximum atomic E-state index is 12.4. The molecule has 0 bridgehead atoms. The molecule has 1 fully saturated rings. The third kappa shape index (κ3) is 4.80. The summed E-state index contributed by atoms with van der Waals surface area (Å²) in [7, 11) is 1.61. The molecule has 0 saturated carbocycles. The van der Waals surface area contributed by atoms with E-state index in [9.17, 15) is 9.59 Å². The highest BCUT2D eigenvalue weighted by atomic mass is 79.9. The number of methoxy groups -OCH3 is 1. The van der Waals surface area contributed by atoms with Crippen molar-refractivity contribution in [3.63, 3.8) is 0 Å². The first-order chi connectivity index (χ1) is 13.1. The van der Waals surface area contributed by atoms with Gasteiger partial charge in [-0.2, -0.15) is 0 Å². The minimum Gasteiger partial charge on any atom is -0.497 e. The molecule has 142 valence electrons. The van der Waals surface area contributed by atoms with Crippen molar-refractivity contribution in [2.45, 2.75) is 6.42 Å². The van der Waals surface area contributed by atoms with Gasteiger partial charge in [0.05, 0.1) is 25.3 Å². The molecule has 1 N–H and O–H groups in total. The van der Waals surface area contributed by atoms with Crippen LogP contribution < -0.4 is 19.7 Å². The van der Waals surface area contributed by atoms with Gasteiger partial charge in [0.2, 0.25) is 11.8 Å². The lowest BCUT2D eigenvalue weighted by Gasteiger charge is -2.18. The van der Waals surface area contributed by atoms with Crippen molar-refractivity contribution in [1.29, 1.82) is 0 Å². The fourth-order valence-corrected chi connectivity index (χ4v) is 3.44. The number of hydrogen-bond acceptors (Lipinski definition) is 4. The number of benzene rings is 2. The van der Waals surface area contributed by atoms with Crippen LogP contribution in [0.1, 0.15) is 6.42 Å². The quantitative estimate of drug-likeness (QED) is 0.682. The molecular weight excluding hydrogens is 412 g/mol. The van der Waals surface area contributed by atoms with Gasteiger partial charge in [-0.05, 0) is 52.3 Å². The molecule has 1 saturated heterocycles. The number of rotatable bonds is 7. The van der Waals surface area contributed by atoms with E-state index in [2.05, 4.69) is 21.2 Å². The lowest BCUT2D eigenvalue weighted by Crippen LogP contribution is -2.35. The van der Waals surface area contributed by atoms with E-state index in [-0.39, 0.29) is 24.2 Å². The standard InChI is InChI=1S/C20H21BrN2O4/c1-26-15-6-8-16(9-7-15)27-11-10-22-20(25)14-12-19(24)23(13-14)18-5-3-2-4-17(18)21/h2-9,14H,10-13H2,1H3,(H,22,25). The number of anilines is 1. The Morgan fingerprint density at radius 2 is 1.89 bits per heavy atom. The average molecular weight is 433 g/mol. The van der Waals surface area contributed by atoms with Gasteiger partial charge in [-0.3, -0.25) is 9.59 Å². The van der Waals surface area contributed by atoms with Crippen molar-refractivity contribution in [3.05, 3.63) is 53.0 Å². The predicted octanol–water partition coefficient (Wildman–Crippen LogP) is 3.01. The van der Waals surface area contributed by atoms with Crippen molar-refractivity contribution >= 4 is 33.4 Å². The number of carbonyl (C=O) groups excluding carboxylic acids is 2. The fraction of sp³-hybridized carbons (Fsp3) is 0.300. The van der Waals surface area contributed by atoms with Crippen molar-refractivity contribution in [1.82, 2.24) is 5.32 Å². The van der Waals surface area contributed by atoms with Crippen LogP contribution in [0.5, 0.6) is 11.5 Å². The van der Waals surface area contributed by atoms with Crippen LogP contribution in [0.25, 0.3) is 0 Å². The van der Waals surface area contributed by atoms with Gasteiger partial charge in [-0.15, -0.1) is 0 Å². The van der Waals surface area contributed by atoms with Crippen LogP contribution >= 0.6 is 15.9 Å². The third-order valence-corrected chi connectivity index (χ3v) is 5.04. The Morgan fingerprint density at radius 1 is 1.19 bits per heavy atom. The summed E-state index contributed by atoms with van der Waals surface area (Å²) < 4.78 is 11.5. The molecule has 0 spiro atoms. The van der Waals surface area contributed by atoms with Crippen molar-refractivity contribution < 1.29 is 19.1 Å². The highest BCUT2D eigenvalue weighted by Gasteiger charge is 2.35. The molecule has 1 unspecified atom stereocenters. The zero-order chi connectivity index (χ0) is 19.2. The number of ether oxygens (including phenoxy) is 2. The molecule has 0 aromatic heterocycles. The van der Waals surface area contributed by atoms with Crippen LogP contribution in [-0.2, 0) is 9.59 Å². The Kier molecular flexibility index (Phi) is 6.34. The predicted molar refractivity (Wildman–Crippen MR) is 106 cm³/mol. The summed E-state index contributed by atoms with van der Waals surface area (Å²) in [5.74, 6) is 0.940. The number of amides is 2. The lowest BCUT2D eigenvalue weighted by atomic mass is 10.1. The van der Waals surface area contributed by atoms with E-state index in [4.69, 9.17) is 9.47 Å². The summed E-state index contributed by atoms with van der Waals surface area (Å²) in [6.45, 7) is 1.11. The zero-order valence-electron chi connectivity index (χ0n) is 15.0. The van der Waals surface area contributed by atoms with Crippen LogP contribution in [0, 0.1) is 5.92 Å².